The zero-order valence-corrected chi connectivity index (χ0v) is 10.8. The first kappa shape index (κ1) is 17.5. The standard InChI is InChI=1S/C11H12F3NO3.ClH/c1-2-17-10(16)9(15)7-3-5-8(6-4-7)18-11(12,13)14;/h3-6,9H,2,15H2,1H3;1H/t9-;/m0./s1. The number of alkyl halides is 3. The molecule has 19 heavy (non-hydrogen) atoms. The molecule has 0 unspecified atom stereocenters. The highest BCUT2D eigenvalue weighted by atomic mass is 35.5. The summed E-state index contributed by atoms with van der Waals surface area (Å²) in [5.41, 5.74) is 5.91. The molecule has 1 rings (SSSR count). The van der Waals surface area contributed by atoms with Gasteiger partial charge in [0, 0.05) is 0 Å². The number of esters is 1. The van der Waals surface area contributed by atoms with E-state index in [-0.39, 0.29) is 24.8 Å². The minimum Gasteiger partial charge on any atom is -0.465 e. The van der Waals surface area contributed by atoms with Gasteiger partial charge in [0.05, 0.1) is 6.61 Å². The topological polar surface area (TPSA) is 61.5 Å². The highest BCUT2D eigenvalue weighted by molar-refractivity contribution is 5.85. The van der Waals surface area contributed by atoms with Gasteiger partial charge in [-0.2, -0.15) is 0 Å². The number of ether oxygens (including phenoxy) is 2. The Morgan fingerprint density at radius 2 is 1.84 bits per heavy atom. The minimum absolute atomic E-state index is 0. The van der Waals surface area contributed by atoms with Crippen LogP contribution in [0.25, 0.3) is 0 Å². The Bertz CT molecular complexity index is 409. The quantitative estimate of drug-likeness (QED) is 0.868. The Morgan fingerprint density at radius 3 is 2.26 bits per heavy atom. The third-order valence-electron chi connectivity index (χ3n) is 2.01. The van der Waals surface area contributed by atoms with Crippen LogP contribution in [0.15, 0.2) is 24.3 Å². The molecule has 0 spiro atoms. The molecular weight excluding hydrogens is 287 g/mol. The molecule has 108 valence electrons. The molecule has 2 N–H and O–H groups in total. The van der Waals surface area contributed by atoms with Crippen LogP contribution in [0.1, 0.15) is 18.5 Å². The van der Waals surface area contributed by atoms with E-state index >= 15 is 0 Å². The van der Waals surface area contributed by atoms with E-state index in [1.807, 2.05) is 0 Å². The number of nitrogens with two attached hydrogens (primary N) is 1. The smallest absolute Gasteiger partial charge is 0.465 e. The maximum absolute atomic E-state index is 11.9. The van der Waals surface area contributed by atoms with E-state index in [9.17, 15) is 18.0 Å². The van der Waals surface area contributed by atoms with E-state index in [1.54, 1.807) is 6.92 Å². The molecular formula is C11H13ClF3NO3. The van der Waals surface area contributed by atoms with Crippen molar-refractivity contribution >= 4 is 18.4 Å². The predicted octanol–water partition coefficient (Wildman–Crippen LogP) is 2.57. The van der Waals surface area contributed by atoms with Crippen molar-refractivity contribution in [3.63, 3.8) is 0 Å². The molecule has 0 radical (unpaired) electrons. The number of rotatable bonds is 4. The molecule has 1 aromatic rings. The van der Waals surface area contributed by atoms with Gasteiger partial charge < -0.3 is 15.2 Å². The van der Waals surface area contributed by atoms with Gasteiger partial charge in [-0.3, -0.25) is 0 Å². The van der Waals surface area contributed by atoms with Crippen LogP contribution in [0.5, 0.6) is 5.75 Å². The van der Waals surface area contributed by atoms with E-state index in [1.165, 1.54) is 12.1 Å². The Morgan fingerprint density at radius 1 is 1.32 bits per heavy atom. The summed E-state index contributed by atoms with van der Waals surface area (Å²) in [6.45, 7) is 1.81. The molecule has 8 heteroatoms. The second kappa shape index (κ2) is 7.20. The van der Waals surface area contributed by atoms with Gasteiger partial charge >= 0.3 is 12.3 Å². The third-order valence-corrected chi connectivity index (χ3v) is 2.01. The molecule has 4 nitrogen and oxygen atoms in total. The zero-order valence-electron chi connectivity index (χ0n) is 9.94. The number of halogens is 4. The average molecular weight is 300 g/mol. The Balaban J connectivity index is 0.00000324. The SMILES string of the molecule is CCOC(=O)[C@@H](N)c1ccc(OC(F)(F)F)cc1.Cl. The maximum Gasteiger partial charge on any atom is 0.573 e. The second-order valence-electron chi connectivity index (χ2n) is 3.35. The maximum atomic E-state index is 11.9. The summed E-state index contributed by atoms with van der Waals surface area (Å²) >= 11 is 0. The Kier molecular flexibility index (Phi) is 6.64. The molecule has 0 saturated carbocycles. The molecule has 0 bridgehead atoms. The van der Waals surface area contributed by atoms with E-state index < -0.39 is 18.4 Å². The molecule has 0 aliphatic carbocycles. The minimum atomic E-state index is -4.75. The first-order chi connectivity index (χ1) is 8.33. The highest BCUT2D eigenvalue weighted by Crippen LogP contribution is 2.24. The molecule has 0 fully saturated rings. The van der Waals surface area contributed by atoms with Gasteiger partial charge in [0.1, 0.15) is 11.8 Å². The molecule has 0 aromatic heterocycles. The van der Waals surface area contributed by atoms with E-state index in [4.69, 9.17) is 10.5 Å². The average Bonchev–Trinajstić information content (AvgIpc) is 2.27. The Labute approximate surface area is 114 Å². The molecule has 0 heterocycles. The van der Waals surface area contributed by atoms with E-state index in [2.05, 4.69) is 4.74 Å². The van der Waals surface area contributed by atoms with Gasteiger partial charge in [0.25, 0.3) is 0 Å². The summed E-state index contributed by atoms with van der Waals surface area (Å²) in [5.74, 6) is -1.01. The van der Waals surface area contributed by atoms with Crippen LogP contribution in [0.4, 0.5) is 13.2 Å². The van der Waals surface area contributed by atoms with Crippen LogP contribution in [0.2, 0.25) is 0 Å². The summed E-state index contributed by atoms with van der Waals surface area (Å²) in [7, 11) is 0. The van der Waals surface area contributed by atoms with Crippen molar-refractivity contribution in [2.24, 2.45) is 5.73 Å². The summed E-state index contributed by atoms with van der Waals surface area (Å²) in [5, 5.41) is 0. The largest absolute Gasteiger partial charge is 0.573 e. The van der Waals surface area contributed by atoms with Gasteiger partial charge in [-0.25, -0.2) is 4.79 Å². The van der Waals surface area contributed by atoms with E-state index in [0.29, 0.717) is 5.56 Å². The van der Waals surface area contributed by atoms with Crippen molar-refractivity contribution in [1.82, 2.24) is 0 Å². The van der Waals surface area contributed by atoms with Crippen molar-refractivity contribution in [2.45, 2.75) is 19.3 Å². The van der Waals surface area contributed by atoms with Gasteiger partial charge in [0.2, 0.25) is 0 Å². The van der Waals surface area contributed by atoms with Crippen LogP contribution in [0.3, 0.4) is 0 Å². The fraction of sp³-hybridized carbons (Fsp3) is 0.364. The van der Waals surface area contributed by atoms with Crippen LogP contribution in [0, 0.1) is 0 Å². The van der Waals surface area contributed by atoms with Gasteiger partial charge in [-0.15, -0.1) is 25.6 Å². The van der Waals surface area contributed by atoms with Crippen LogP contribution in [-0.4, -0.2) is 18.9 Å². The lowest BCUT2D eigenvalue weighted by Gasteiger charge is -2.12. The normalized spacial score (nSPS) is 12.3. The van der Waals surface area contributed by atoms with Crippen LogP contribution >= 0.6 is 12.4 Å². The second-order valence-corrected chi connectivity index (χ2v) is 3.35. The third kappa shape index (κ3) is 5.80. The Hall–Kier alpha value is -1.47. The summed E-state index contributed by atoms with van der Waals surface area (Å²) in [6.07, 6.45) is -4.75. The van der Waals surface area contributed by atoms with Gasteiger partial charge in [-0.1, -0.05) is 12.1 Å². The number of carbonyl (C=O) groups is 1. The molecule has 1 aromatic carbocycles. The summed E-state index contributed by atoms with van der Waals surface area (Å²) in [4.78, 5) is 11.3. The fourth-order valence-electron chi connectivity index (χ4n) is 1.24. The first-order valence-corrected chi connectivity index (χ1v) is 5.11. The lowest BCUT2D eigenvalue weighted by molar-refractivity contribution is -0.274. The lowest BCUT2D eigenvalue weighted by atomic mass is 10.1. The number of carbonyl (C=O) groups excluding carboxylic acids is 1. The highest BCUT2D eigenvalue weighted by Gasteiger charge is 2.31. The van der Waals surface area contributed by atoms with Gasteiger partial charge in [-0.05, 0) is 24.6 Å². The number of hydrogen-bond donors (Lipinski definition) is 1. The van der Waals surface area contributed by atoms with Crippen molar-refractivity contribution in [3.8, 4) is 5.75 Å². The fourth-order valence-corrected chi connectivity index (χ4v) is 1.24. The zero-order chi connectivity index (χ0) is 13.8. The lowest BCUT2D eigenvalue weighted by Crippen LogP contribution is -2.23. The summed E-state index contributed by atoms with van der Waals surface area (Å²) in [6, 6.07) is 3.71. The molecule has 1 atom stereocenters. The predicted molar refractivity (Wildman–Crippen MR) is 63.9 cm³/mol. The van der Waals surface area contributed by atoms with Gasteiger partial charge in [0.15, 0.2) is 0 Å². The first-order valence-electron chi connectivity index (χ1n) is 5.11. The number of hydrogen-bond acceptors (Lipinski definition) is 4. The molecule has 0 aliphatic rings. The van der Waals surface area contributed by atoms with Crippen molar-refractivity contribution in [3.05, 3.63) is 29.8 Å². The number of benzene rings is 1. The van der Waals surface area contributed by atoms with Crippen molar-refractivity contribution in [1.29, 1.82) is 0 Å². The molecule has 0 saturated heterocycles. The van der Waals surface area contributed by atoms with Crippen molar-refractivity contribution < 1.29 is 27.4 Å². The van der Waals surface area contributed by atoms with E-state index in [0.717, 1.165) is 12.1 Å². The molecule has 0 aliphatic heterocycles. The van der Waals surface area contributed by atoms with Crippen LogP contribution in [-0.2, 0) is 9.53 Å². The molecule has 0 amide bonds. The van der Waals surface area contributed by atoms with Crippen LogP contribution < -0.4 is 10.5 Å². The van der Waals surface area contributed by atoms with Crippen molar-refractivity contribution in [2.75, 3.05) is 6.61 Å². The summed E-state index contributed by atoms with van der Waals surface area (Å²) < 4.78 is 44.1. The monoisotopic (exact) mass is 299 g/mol.